The van der Waals surface area contributed by atoms with Gasteiger partial charge in [0.1, 0.15) is 18.2 Å². The predicted octanol–water partition coefficient (Wildman–Crippen LogP) is 4.00. The number of amides is 1. The lowest BCUT2D eigenvalue weighted by Crippen LogP contribution is -2.31. The molecule has 1 amide bonds. The fourth-order valence-electron chi connectivity index (χ4n) is 3.09. The summed E-state index contributed by atoms with van der Waals surface area (Å²) in [6, 6.07) is 12.4. The SMILES string of the molecule is CC1=C(C(=O)Nc2ccccc2Cl)[C@H](c2ccc(F)cc2)n2ncnc2N1. The standard InChI is InChI=1S/C19H15ClFN5O/c1-11-16(18(27)25-15-5-3-2-4-14(15)20)17(12-6-8-13(21)9-7-12)26-19(24-11)22-10-23-26/h2-10,17H,1H3,(H,25,27)(H,22,23,24)/t17-/m0/s1. The number of fused-ring (bicyclic) bond motifs is 1. The molecule has 1 aliphatic heterocycles. The van der Waals surface area contributed by atoms with Crippen LogP contribution in [0.3, 0.4) is 0 Å². The third kappa shape index (κ3) is 3.17. The van der Waals surface area contributed by atoms with Gasteiger partial charge >= 0.3 is 0 Å². The zero-order valence-electron chi connectivity index (χ0n) is 14.3. The van der Waals surface area contributed by atoms with E-state index < -0.39 is 6.04 Å². The highest BCUT2D eigenvalue weighted by Gasteiger charge is 2.33. The van der Waals surface area contributed by atoms with E-state index in [1.54, 1.807) is 48.0 Å². The van der Waals surface area contributed by atoms with Gasteiger partial charge in [-0.15, -0.1) is 0 Å². The van der Waals surface area contributed by atoms with Crippen molar-refractivity contribution in [3.05, 3.63) is 82.5 Å². The second-order valence-corrected chi connectivity index (χ2v) is 6.49. The highest BCUT2D eigenvalue weighted by molar-refractivity contribution is 6.33. The zero-order valence-corrected chi connectivity index (χ0v) is 15.0. The van der Waals surface area contributed by atoms with Gasteiger partial charge in [0, 0.05) is 5.70 Å². The Hall–Kier alpha value is -3.19. The minimum atomic E-state index is -0.549. The molecule has 0 radical (unpaired) electrons. The molecule has 0 spiro atoms. The Kier molecular flexibility index (Phi) is 4.37. The number of nitrogens with one attached hydrogen (secondary N) is 2. The van der Waals surface area contributed by atoms with Crippen LogP contribution in [-0.4, -0.2) is 20.7 Å². The van der Waals surface area contributed by atoms with Crippen LogP contribution in [0, 0.1) is 5.82 Å². The average Bonchev–Trinajstić information content (AvgIpc) is 3.11. The Bertz CT molecular complexity index is 1040. The van der Waals surface area contributed by atoms with Crippen molar-refractivity contribution in [1.29, 1.82) is 0 Å². The Morgan fingerprint density at radius 3 is 2.70 bits per heavy atom. The van der Waals surface area contributed by atoms with Crippen LogP contribution < -0.4 is 10.6 Å². The van der Waals surface area contributed by atoms with Gasteiger partial charge in [-0.3, -0.25) is 4.79 Å². The van der Waals surface area contributed by atoms with Gasteiger partial charge in [-0.2, -0.15) is 10.1 Å². The minimum Gasteiger partial charge on any atom is -0.328 e. The predicted molar refractivity (Wildman–Crippen MR) is 101 cm³/mol. The minimum absolute atomic E-state index is 0.330. The summed E-state index contributed by atoms with van der Waals surface area (Å²) in [5, 5.41) is 10.6. The molecular weight excluding hydrogens is 369 g/mol. The van der Waals surface area contributed by atoms with Crippen LogP contribution in [0.4, 0.5) is 16.0 Å². The van der Waals surface area contributed by atoms with Crippen molar-refractivity contribution in [2.24, 2.45) is 0 Å². The number of nitrogens with zero attached hydrogens (tertiary/aromatic N) is 3. The summed E-state index contributed by atoms with van der Waals surface area (Å²) < 4.78 is 15.0. The summed E-state index contributed by atoms with van der Waals surface area (Å²) >= 11 is 6.16. The number of halogens is 2. The van der Waals surface area contributed by atoms with Gasteiger partial charge in [0.15, 0.2) is 0 Å². The van der Waals surface area contributed by atoms with Gasteiger partial charge in [-0.25, -0.2) is 9.07 Å². The highest BCUT2D eigenvalue weighted by Crippen LogP contribution is 2.35. The molecule has 0 saturated carbocycles. The molecule has 2 heterocycles. The van der Waals surface area contributed by atoms with Crippen LogP contribution in [0.15, 0.2) is 66.1 Å². The second-order valence-electron chi connectivity index (χ2n) is 6.08. The molecule has 1 aromatic heterocycles. The van der Waals surface area contributed by atoms with Gasteiger partial charge in [-0.05, 0) is 36.8 Å². The van der Waals surface area contributed by atoms with Crippen LogP contribution in [0.25, 0.3) is 0 Å². The van der Waals surface area contributed by atoms with Crippen molar-refractivity contribution >= 4 is 29.1 Å². The molecule has 0 fully saturated rings. The van der Waals surface area contributed by atoms with Crippen LogP contribution >= 0.6 is 11.6 Å². The molecule has 136 valence electrons. The average molecular weight is 384 g/mol. The number of para-hydroxylation sites is 1. The van der Waals surface area contributed by atoms with E-state index in [0.717, 1.165) is 0 Å². The molecule has 6 nitrogen and oxygen atoms in total. The summed E-state index contributed by atoms with van der Waals surface area (Å²) in [6.07, 6.45) is 1.40. The molecule has 3 aromatic rings. The fourth-order valence-corrected chi connectivity index (χ4v) is 3.27. The lowest BCUT2D eigenvalue weighted by molar-refractivity contribution is -0.113. The van der Waals surface area contributed by atoms with E-state index in [4.69, 9.17) is 11.6 Å². The maximum absolute atomic E-state index is 13.4. The molecule has 1 atom stereocenters. The molecule has 1 aliphatic rings. The normalized spacial score (nSPS) is 15.9. The summed E-state index contributed by atoms with van der Waals surface area (Å²) in [5.74, 6) is -0.172. The molecule has 2 N–H and O–H groups in total. The molecule has 0 saturated heterocycles. The number of hydrogen-bond acceptors (Lipinski definition) is 4. The molecular formula is C19H15ClFN5O. The van der Waals surface area contributed by atoms with E-state index in [0.29, 0.717) is 33.5 Å². The first kappa shape index (κ1) is 17.2. The molecule has 0 unspecified atom stereocenters. The Balaban J connectivity index is 1.77. The fraction of sp³-hybridized carbons (Fsp3) is 0.105. The van der Waals surface area contributed by atoms with E-state index >= 15 is 0 Å². The quantitative estimate of drug-likeness (QED) is 0.717. The highest BCUT2D eigenvalue weighted by atomic mass is 35.5. The van der Waals surface area contributed by atoms with E-state index in [1.807, 2.05) is 0 Å². The van der Waals surface area contributed by atoms with Crippen molar-refractivity contribution < 1.29 is 9.18 Å². The third-order valence-corrected chi connectivity index (χ3v) is 4.68. The number of carbonyl (C=O) groups excluding carboxylic acids is 1. The number of aromatic nitrogens is 3. The van der Waals surface area contributed by atoms with Gasteiger partial charge in [0.2, 0.25) is 5.95 Å². The number of anilines is 2. The lowest BCUT2D eigenvalue weighted by atomic mass is 9.95. The maximum atomic E-state index is 13.4. The topological polar surface area (TPSA) is 71.8 Å². The molecule has 0 aliphatic carbocycles. The Morgan fingerprint density at radius 1 is 1.22 bits per heavy atom. The third-order valence-electron chi connectivity index (χ3n) is 4.35. The number of rotatable bonds is 3. The smallest absolute Gasteiger partial charge is 0.255 e. The molecule has 4 rings (SSSR count). The van der Waals surface area contributed by atoms with E-state index in [1.165, 1.54) is 18.5 Å². The van der Waals surface area contributed by atoms with Gasteiger partial charge in [0.05, 0.1) is 16.3 Å². The number of allylic oxidation sites excluding steroid dienone is 1. The van der Waals surface area contributed by atoms with Crippen molar-refractivity contribution in [3.63, 3.8) is 0 Å². The van der Waals surface area contributed by atoms with Crippen LogP contribution in [0.1, 0.15) is 18.5 Å². The lowest BCUT2D eigenvalue weighted by Gasteiger charge is -2.28. The summed E-state index contributed by atoms with van der Waals surface area (Å²) in [4.78, 5) is 17.3. The van der Waals surface area contributed by atoms with Crippen LogP contribution in [-0.2, 0) is 4.79 Å². The number of hydrogen-bond donors (Lipinski definition) is 2. The largest absolute Gasteiger partial charge is 0.328 e. The van der Waals surface area contributed by atoms with Crippen molar-refractivity contribution in [2.75, 3.05) is 10.6 Å². The number of benzene rings is 2. The molecule has 8 heteroatoms. The number of carbonyl (C=O) groups is 1. The summed E-state index contributed by atoms with van der Waals surface area (Å²) in [6.45, 7) is 1.79. The first-order chi connectivity index (χ1) is 13.0. The second kappa shape index (κ2) is 6.85. The monoisotopic (exact) mass is 383 g/mol. The summed E-state index contributed by atoms with van der Waals surface area (Å²) in [7, 11) is 0. The summed E-state index contributed by atoms with van der Waals surface area (Å²) in [5.41, 5.74) is 2.30. The van der Waals surface area contributed by atoms with Crippen LogP contribution in [0.5, 0.6) is 0 Å². The molecule has 27 heavy (non-hydrogen) atoms. The van der Waals surface area contributed by atoms with Crippen molar-refractivity contribution in [3.8, 4) is 0 Å². The van der Waals surface area contributed by atoms with Gasteiger partial charge in [0.25, 0.3) is 5.91 Å². The van der Waals surface area contributed by atoms with Crippen LogP contribution in [0.2, 0.25) is 5.02 Å². The van der Waals surface area contributed by atoms with Gasteiger partial charge < -0.3 is 10.6 Å². The zero-order chi connectivity index (χ0) is 19.0. The first-order valence-corrected chi connectivity index (χ1v) is 8.61. The maximum Gasteiger partial charge on any atom is 0.255 e. The Morgan fingerprint density at radius 2 is 1.96 bits per heavy atom. The van der Waals surface area contributed by atoms with E-state index in [-0.39, 0.29) is 11.7 Å². The van der Waals surface area contributed by atoms with Crippen molar-refractivity contribution in [2.45, 2.75) is 13.0 Å². The van der Waals surface area contributed by atoms with Gasteiger partial charge in [-0.1, -0.05) is 35.9 Å². The molecule has 2 aromatic carbocycles. The van der Waals surface area contributed by atoms with E-state index in [2.05, 4.69) is 20.7 Å². The van der Waals surface area contributed by atoms with E-state index in [9.17, 15) is 9.18 Å². The first-order valence-electron chi connectivity index (χ1n) is 8.23. The molecule has 0 bridgehead atoms. The van der Waals surface area contributed by atoms with Crippen molar-refractivity contribution in [1.82, 2.24) is 14.8 Å². The Labute approximate surface area is 159 Å².